The van der Waals surface area contributed by atoms with Gasteiger partial charge < -0.3 is 10.6 Å². The lowest BCUT2D eigenvalue weighted by atomic mass is 10.2. The van der Waals surface area contributed by atoms with E-state index in [-0.39, 0.29) is 24.1 Å². The lowest BCUT2D eigenvalue weighted by Gasteiger charge is -2.23. The van der Waals surface area contributed by atoms with Crippen molar-refractivity contribution < 1.29 is 4.79 Å². The van der Waals surface area contributed by atoms with E-state index < -0.39 is 5.69 Å². The van der Waals surface area contributed by atoms with E-state index in [9.17, 15) is 14.4 Å². The number of carbonyl (C=O) groups is 1. The van der Waals surface area contributed by atoms with Gasteiger partial charge in [-0.25, -0.2) is 4.79 Å². The summed E-state index contributed by atoms with van der Waals surface area (Å²) in [6, 6.07) is 1.34. The number of nitrogens with two attached hydrogens (primary N) is 1. The van der Waals surface area contributed by atoms with Crippen molar-refractivity contribution >= 4 is 5.91 Å². The summed E-state index contributed by atoms with van der Waals surface area (Å²) in [5, 5.41) is 0. The minimum Gasteiger partial charge on any atom is -0.337 e. The molecule has 19 heavy (non-hydrogen) atoms. The molecule has 0 aromatic carbocycles. The second-order valence-corrected chi connectivity index (χ2v) is 4.74. The first-order valence-corrected chi connectivity index (χ1v) is 6.30. The maximum atomic E-state index is 12.2. The molecule has 1 aliphatic rings. The van der Waals surface area contributed by atoms with Crippen LogP contribution in [-0.2, 0) is 18.4 Å². The zero-order valence-electron chi connectivity index (χ0n) is 10.9. The average molecular weight is 266 g/mol. The van der Waals surface area contributed by atoms with Gasteiger partial charge in [-0.1, -0.05) is 0 Å². The Morgan fingerprint density at radius 2 is 2.21 bits per heavy atom. The summed E-state index contributed by atoms with van der Waals surface area (Å²) in [4.78, 5) is 37.0. The molecule has 1 amide bonds. The summed E-state index contributed by atoms with van der Waals surface area (Å²) in [7, 11) is 1.39. The van der Waals surface area contributed by atoms with Gasteiger partial charge in [0, 0.05) is 38.4 Å². The lowest BCUT2D eigenvalue weighted by molar-refractivity contribution is -0.132. The molecule has 7 nitrogen and oxygen atoms in total. The first kappa shape index (κ1) is 13.5. The number of carbonyl (C=O) groups excluding carboxylic acids is 1. The van der Waals surface area contributed by atoms with Crippen molar-refractivity contribution in [2.45, 2.75) is 25.4 Å². The zero-order chi connectivity index (χ0) is 14.0. The Kier molecular flexibility index (Phi) is 3.84. The predicted molar refractivity (Wildman–Crippen MR) is 69.7 cm³/mol. The Bertz CT molecular complexity index is 589. The van der Waals surface area contributed by atoms with Gasteiger partial charge in [0.1, 0.15) is 6.54 Å². The monoisotopic (exact) mass is 266 g/mol. The summed E-state index contributed by atoms with van der Waals surface area (Å²) in [6.45, 7) is 1.07. The van der Waals surface area contributed by atoms with Crippen LogP contribution in [0.1, 0.15) is 12.8 Å². The minimum absolute atomic E-state index is 0.0521. The van der Waals surface area contributed by atoms with Crippen LogP contribution in [0.3, 0.4) is 0 Å². The molecule has 0 spiro atoms. The van der Waals surface area contributed by atoms with E-state index in [1.165, 1.54) is 23.9 Å². The topological polar surface area (TPSA) is 90.3 Å². The Morgan fingerprint density at radius 3 is 2.89 bits per heavy atom. The molecule has 1 aliphatic heterocycles. The van der Waals surface area contributed by atoms with Crippen molar-refractivity contribution in [2.75, 3.05) is 13.1 Å². The summed E-state index contributed by atoms with van der Waals surface area (Å²) in [5.41, 5.74) is 4.76. The molecule has 1 aromatic heterocycles. The van der Waals surface area contributed by atoms with Crippen LogP contribution in [-0.4, -0.2) is 39.1 Å². The zero-order valence-corrected chi connectivity index (χ0v) is 10.9. The maximum Gasteiger partial charge on any atom is 0.331 e. The average Bonchev–Trinajstić information content (AvgIpc) is 2.88. The number of rotatable bonds is 3. The largest absolute Gasteiger partial charge is 0.337 e. The van der Waals surface area contributed by atoms with Gasteiger partial charge in [0.15, 0.2) is 0 Å². The quantitative estimate of drug-likeness (QED) is 0.720. The standard InChI is InChI=1S/C12H18N4O3/c1-14-10(17)4-6-15(12(14)19)8-11(18)16-5-2-3-9(16)7-13/h4,6,9H,2-3,5,7-8,13H2,1H3. The van der Waals surface area contributed by atoms with Gasteiger partial charge in [0.25, 0.3) is 5.56 Å². The van der Waals surface area contributed by atoms with Crippen molar-refractivity contribution in [1.82, 2.24) is 14.0 Å². The highest BCUT2D eigenvalue weighted by molar-refractivity contribution is 5.76. The van der Waals surface area contributed by atoms with Crippen molar-refractivity contribution in [3.05, 3.63) is 33.1 Å². The second kappa shape index (κ2) is 5.40. The van der Waals surface area contributed by atoms with Gasteiger partial charge >= 0.3 is 5.69 Å². The van der Waals surface area contributed by atoms with E-state index in [2.05, 4.69) is 0 Å². The van der Waals surface area contributed by atoms with E-state index in [1.54, 1.807) is 4.90 Å². The molecular formula is C12H18N4O3. The van der Waals surface area contributed by atoms with Crippen LogP contribution in [0.4, 0.5) is 0 Å². The molecule has 1 fully saturated rings. The summed E-state index contributed by atoms with van der Waals surface area (Å²) in [5.74, 6) is -0.131. The Labute approximate surface area is 110 Å². The van der Waals surface area contributed by atoms with E-state index in [0.29, 0.717) is 13.1 Å². The molecule has 2 N–H and O–H groups in total. The van der Waals surface area contributed by atoms with Gasteiger partial charge in [0.2, 0.25) is 5.91 Å². The highest BCUT2D eigenvalue weighted by Crippen LogP contribution is 2.16. The molecule has 7 heteroatoms. The van der Waals surface area contributed by atoms with Crippen LogP contribution in [0.15, 0.2) is 21.9 Å². The van der Waals surface area contributed by atoms with E-state index >= 15 is 0 Å². The van der Waals surface area contributed by atoms with Crippen LogP contribution >= 0.6 is 0 Å². The number of amides is 1. The molecule has 104 valence electrons. The smallest absolute Gasteiger partial charge is 0.331 e. The Morgan fingerprint density at radius 1 is 1.47 bits per heavy atom. The van der Waals surface area contributed by atoms with E-state index in [0.717, 1.165) is 17.4 Å². The molecule has 0 aliphatic carbocycles. The van der Waals surface area contributed by atoms with Gasteiger partial charge in [-0.3, -0.25) is 18.7 Å². The molecule has 0 bridgehead atoms. The SMILES string of the molecule is Cn1c(=O)ccn(CC(=O)N2CCCC2CN)c1=O. The Hall–Kier alpha value is -1.89. The molecule has 0 saturated carbocycles. The number of hydrogen-bond donors (Lipinski definition) is 1. The van der Waals surface area contributed by atoms with E-state index in [1.807, 2.05) is 0 Å². The Balaban J connectivity index is 2.18. The number of hydrogen-bond acceptors (Lipinski definition) is 4. The minimum atomic E-state index is -0.482. The second-order valence-electron chi connectivity index (χ2n) is 4.74. The first-order chi connectivity index (χ1) is 9.04. The van der Waals surface area contributed by atoms with Gasteiger partial charge in [0.05, 0.1) is 0 Å². The van der Waals surface area contributed by atoms with Crippen molar-refractivity contribution in [1.29, 1.82) is 0 Å². The van der Waals surface area contributed by atoms with Crippen molar-refractivity contribution in [3.63, 3.8) is 0 Å². The lowest BCUT2D eigenvalue weighted by Crippen LogP contribution is -2.44. The molecular weight excluding hydrogens is 248 g/mol. The number of likely N-dealkylation sites (tertiary alicyclic amines) is 1. The third-order valence-electron chi connectivity index (χ3n) is 3.54. The fourth-order valence-corrected chi connectivity index (χ4v) is 2.38. The molecule has 0 radical (unpaired) electrons. The van der Waals surface area contributed by atoms with Crippen LogP contribution in [0.25, 0.3) is 0 Å². The normalized spacial score (nSPS) is 18.8. The van der Waals surface area contributed by atoms with Crippen LogP contribution in [0.2, 0.25) is 0 Å². The summed E-state index contributed by atoms with van der Waals surface area (Å²) in [6.07, 6.45) is 3.20. The van der Waals surface area contributed by atoms with Gasteiger partial charge in [-0.05, 0) is 12.8 Å². The number of nitrogens with zero attached hydrogens (tertiary/aromatic N) is 3. The summed E-state index contributed by atoms with van der Waals surface area (Å²) >= 11 is 0. The molecule has 2 heterocycles. The van der Waals surface area contributed by atoms with Crippen LogP contribution in [0.5, 0.6) is 0 Å². The molecule has 2 rings (SSSR count). The highest BCUT2D eigenvalue weighted by Gasteiger charge is 2.27. The van der Waals surface area contributed by atoms with Gasteiger partial charge in [-0.15, -0.1) is 0 Å². The van der Waals surface area contributed by atoms with Gasteiger partial charge in [-0.2, -0.15) is 0 Å². The van der Waals surface area contributed by atoms with Crippen LogP contribution in [0, 0.1) is 0 Å². The van der Waals surface area contributed by atoms with Crippen LogP contribution < -0.4 is 17.0 Å². The summed E-state index contributed by atoms with van der Waals surface area (Å²) < 4.78 is 2.23. The first-order valence-electron chi connectivity index (χ1n) is 6.30. The van der Waals surface area contributed by atoms with E-state index in [4.69, 9.17) is 5.73 Å². The number of aromatic nitrogens is 2. The molecule has 1 atom stereocenters. The van der Waals surface area contributed by atoms with Crippen molar-refractivity contribution in [2.24, 2.45) is 12.8 Å². The molecule has 1 aromatic rings. The predicted octanol–water partition coefficient (Wildman–Crippen LogP) is -1.50. The molecule has 1 saturated heterocycles. The third kappa shape index (κ3) is 2.60. The fourth-order valence-electron chi connectivity index (χ4n) is 2.38. The van der Waals surface area contributed by atoms with Crippen molar-refractivity contribution in [3.8, 4) is 0 Å². The third-order valence-corrected chi connectivity index (χ3v) is 3.54. The highest BCUT2D eigenvalue weighted by atomic mass is 16.2. The maximum absolute atomic E-state index is 12.2. The fraction of sp³-hybridized carbons (Fsp3) is 0.583. The molecule has 1 unspecified atom stereocenters.